The van der Waals surface area contributed by atoms with Gasteiger partial charge in [-0.1, -0.05) is 24.2 Å². The van der Waals surface area contributed by atoms with Gasteiger partial charge >= 0.3 is 6.03 Å². The molecular weight excluding hydrogens is 385 g/mol. The number of urea groups is 1. The predicted molar refractivity (Wildman–Crippen MR) is 87.5 cm³/mol. The third kappa shape index (κ3) is 2.98. The third-order valence-electron chi connectivity index (χ3n) is 2.17. The van der Waals surface area contributed by atoms with Crippen LogP contribution in [-0.2, 0) is 0 Å². The lowest BCUT2D eigenvalue weighted by Crippen LogP contribution is -2.30. The van der Waals surface area contributed by atoms with Crippen LogP contribution in [0.5, 0.6) is 5.75 Å². The van der Waals surface area contributed by atoms with Crippen LogP contribution < -0.4 is 14.4 Å². The molecule has 0 aliphatic carbocycles. The first-order valence-corrected chi connectivity index (χ1v) is 6.02. The van der Waals surface area contributed by atoms with Gasteiger partial charge in [0.2, 0.25) is 5.13 Å². The fourth-order valence-electron chi connectivity index (χ4n) is 1.30. The van der Waals surface area contributed by atoms with Gasteiger partial charge in [-0.25, -0.2) is 14.1 Å². The molecule has 0 saturated heterocycles. The number of nitrogens with zero attached hydrogens (tertiary/aromatic N) is 2. The summed E-state index contributed by atoms with van der Waals surface area (Å²) in [5.74, 6) is 0.762. The number of ether oxygens (including phenoxy) is 1. The number of methoxy groups -OCH3 is 1. The van der Waals surface area contributed by atoms with Crippen molar-refractivity contribution in [1.82, 2.24) is 10.3 Å². The zero-order chi connectivity index (χ0) is 12.4. The number of nitrogens with one attached hydrogen (secondary N) is 1. The fourth-order valence-corrected chi connectivity index (χ4v) is 2.47. The molecule has 18 heavy (non-hydrogen) atoms. The number of carbonyl (C=O) groups excluding carboxylic acids is 1. The molecule has 2 aromatic rings. The summed E-state index contributed by atoms with van der Waals surface area (Å²) in [7, 11) is 3.15. The van der Waals surface area contributed by atoms with E-state index in [1.54, 1.807) is 14.2 Å². The number of halogens is 1. The molecular formula is C10H12IN3O2S2. The normalized spacial score (nSPS) is 9.72. The minimum atomic E-state index is -0.320. The molecule has 0 fully saturated rings. The Morgan fingerprint density at radius 3 is 2.89 bits per heavy atom. The van der Waals surface area contributed by atoms with Crippen molar-refractivity contribution in [3.63, 3.8) is 0 Å². The second-order valence-electron chi connectivity index (χ2n) is 3.20. The molecule has 0 radical (unpaired) electrons. The van der Waals surface area contributed by atoms with E-state index in [1.807, 2.05) is 18.2 Å². The number of aromatic nitrogens is 1. The second kappa shape index (κ2) is 6.43. The summed E-state index contributed by atoms with van der Waals surface area (Å²) in [6.07, 6.45) is 0. The first-order chi connectivity index (χ1) is 8.15. The quantitative estimate of drug-likeness (QED) is 0.606. The highest BCUT2D eigenvalue weighted by Gasteiger charge is 2.15. The Morgan fingerprint density at radius 2 is 2.28 bits per heavy atom. The number of carbonyl (C=O) groups is 1. The minimum Gasteiger partial charge on any atom is -0.497 e. The molecule has 2 amide bonds. The Hall–Kier alpha value is -0.740. The molecule has 1 aromatic heterocycles. The van der Waals surface area contributed by atoms with Crippen molar-refractivity contribution in [2.75, 3.05) is 18.5 Å². The van der Waals surface area contributed by atoms with Crippen molar-refractivity contribution in [2.45, 2.75) is 0 Å². The maximum atomic E-state index is 11.4. The van der Waals surface area contributed by atoms with Gasteiger partial charge in [0, 0.05) is 7.05 Å². The zero-order valence-corrected chi connectivity index (χ0v) is 13.7. The molecule has 5 nitrogen and oxygen atoms in total. The van der Waals surface area contributed by atoms with Crippen LogP contribution in [-0.4, -0.2) is 25.2 Å². The van der Waals surface area contributed by atoms with Crippen LogP contribution >= 0.6 is 48.1 Å². The smallest absolute Gasteiger partial charge is 0.333 e. The number of hydrogen-bond acceptors (Lipinski definition) is 5. The summed E-state index contributed by atoms with van der Waals surface area (Å²) in [5, 5.41) is 3.01. The van der Waals surface area contributed by atoms with Crippen molar-refractivity contribution in [1.29, 1.82) is 0 Å². The molecule has 8 heteroatoms. The average Bonchev–Trinajstić information content (AvgIpc) is 2.79. The van der Waals surface area contributed by atoms with Crippen molar-refractivity contribution >= 4 is 69.5 Å². The van der Waals surface area contributed by atoms with E-state index in [1.165, 1.54) is 15.6 Å². The molecule has 0 unspecified atom stereocenters. The van der Waals surface area contributed by atoms with Gasteiger partial charge in [0.15, 0.2) is 0 Å². The van der Waals surface area contributed by atoms with E-state index in [-0.39, 0.29) is 30.0 Å². The first-order valence-electron chi connectivity index (χ1n) is 4.81. The molecule has 2 rings (SSSR count). The Morgan fingerprint density at radius 1 is 1.56 bits per heavy atom. The number of thiazole rings is 1. The van der Waals surface area contributed by atoms with E-state index in [4.69, 9.17) is 4.74 Å². The van der Waals surface area contributed by atoms with E-state index in [0.29, 0.717) is 5.13 Å². The molecule has 1 heterocycles. The van der Waals surface area contributed by atoms with Crippen LogP contribution in [0.3, 0.4) is 0 Å². The highest BCUT2D eigenvalue weighted by atomic mass is 127. The number of anilines is 1. The van der Waals surface area contributed by atoms with Crippen LogP contribution in [0, 0.1) is 0 Å². The zero-order valence-electron chi connectivity index (χ0n) is 9.71. The predicted octanol–water partition coefficient (Wildman–Crippen LogP) is 2.91. The topological polar surface area (TPSA) is 54.5 Å². The number of rotatable bonds is 2. The largest absolute Gasteiger partial charge is 0.497 e. The molecule has 98 valence electrons. The summed E-state index contributed by atoms with van der Waals surface area (Å²) in [6, 6.07) is 5.23. The lowest BCUT2D eigenvalue weighted by atomic mass is 10.3. The number of fused-ring (bicyclic) bond motifs is 1. The third-order valence-corrected chi connectivity index (χ3v) is 3.68. The molecule has 1 aromatic carbocycles. The van der Waals surface area contributed by atoms with Gasteiger partial charge < -0.3 is 10.1 Å². The number of benzene rings is 1. The van der Waals surface area contributed by atoms with E-state index in [0.717, 1.165) is 16.0 Å². The van der Waals surface area contributed by atoms with E-state index < -0.39 is 0 Å². The second-order valence-corrected chi connectivity index (χ2v) is 4.61. The van der Waals surface area contributed by atoms with Crippen LogP contribution in [0.4, 0.5) is 9.93 Å². The summed E-state index contributed by atoms with van der Waals surface area (Å²) in [6.45, 7) is 0. The Labute approximate surface area is 131 Å². The summed E-state index contributed by atoms with van der Waals surface area (Å²) in [4.78, 5) is 15.7. The lowest BCUT2D eigenvalue weighted by molar-refractivity contribution is 0.252. The molecule has 0 atom stereocenters. The number of amides is 2. The molecule has 0 spiro atoms. The van der Waals surface area contributed by atoms with Crippen LogP contribution in [0.1, 0.15) is 0 Å². The SMILES string of the molecule is CNC(=O)N(S)c1nc2ccc(OC)cc2s1.I. The Bertz CT molecular complexity index is 561. The first kappa shape index (κ1) is 15.3. The van der Waals surface area contributed by atoms with E-state index >= 15 is 0 Å². The van der Waals surface area contributed by atoms with Crippen molar-refractivity contribution in [3.8, 4) is 5.75 Å². The standard InChI is InChI=1S/C10H11N3O2S2.HI/c1-11-9(14)13(16)10-12-7-4-3-6(15-2)5-8(7)17-10;/h3-5,16H,1-2H3,(H,11,14);1H. The maximum absolute atomic E-state index is 11.4. The van der Waals surface area contributed by atoms with Gasteiger partial charge in [0.1, 0.15) is 5.75 Å². The molecule has 0 bridgehead atoms. The summed E-state index contributed by atoms with van der Waals surface area (Å²) >= 11 is 5.47. The molecule has 0 saturated carbocycles. The number of thiol groups is 1. The maximum Gasteiger partial charge on any atom is 0.333 e. The molecule has 0 aliphatic rings. The van der Waals surface area contributed by atoms with Crippen LogP contribution in [0.15, 0.2) is 18.2 Å². The van der Waals surface area contributed by atoms with Gasteiger partial charge in [0.25, 0.3) is 0 Å². The van der Waals surface area contributed by atoms with Crippen LogP contribution in [0.25, 0.3) is 10.2 Å². The van der Waals surface area contributed by atoms with E-state index in [2.05, 4.69) is 23.1 Å². The average molecular weight is 397 g/mol. The van der Waals surface area contributed by atoms with E-state index in [9.17, 15) is 4.79 Å². The minimum absolute atomic E-state index is 0. The van der Waals surface area contributed by atoms with Gasteiger partial charge in [-0.15, -0.1) is 24.0 Å². The molecule has 1 N–H and O–H groups in total. The van der Waals surface area contributed by atoms with Crippen molar-refractivity contribution in [3.05, 3.63) is 18.2 Å². The highest BCUT2D eigenvalue weighted by molar-refractivity contribution is 14.0. The van der Waals surface area contributed by atoms with Gasteiger partial charge in [-0.2, -0.15) is 0 Å². The van der Waals surface area contributed by atoms with Gasteiger partial charge in [-0.05, 0) is 18.2 Å². The Balaban J connectivity index is 0.00000162. The summed E-state index contributed by atoms with van der Waals surface area (Å²) in [5.41, 5.74) is 0.814. The fraction of sp³-hybridized carbons (Fsp3) is 0.200. The van der Waals surface area contributed by atoms with Gasteiger partial charge in [-0.3, -0.25) is 0 Å². The monoisotopic (exact) mass is 397 g/mol. The highest BCUT2D eigenvalue weighted by Crippen LogP contribution is 2.31. The lowest BCUT2D eigenvalue weighted by Gasteiger charge is -2.09. The number of hydrogen-bond donors (Lipinski definition) is 2. The molecule has 0 aliphatic heterocycles. The van der Waals surface area contributed by atoms with Crippen molar-refractivity contribution < 1.29 is 9.53 Å². The summed E-state index contributed by atoms with van der Waals surface area (Å²) < 4.78 is 7.25. The van der Waals surface area contributed by atoms with Gasteiger partial charge in [0.05, 0.1) is 17.3 Å². The van der Waals surface area contributed by atoms with Crippen molar-refractivity contribution in [2.24, 2.45) is 0 Å². The van der Waals surface area contributed by atoms with Crippen LogP contribution in [0.2, 0.25) is 0 Å². The Kier molecular flexibility index (Phi) is 5.47.